The fraction of sp³-hybridized carbons (Fsp3) is 0.412. The topological polar surface area (TPSA) is 20.2 Å². The molecule has 0 saturated heterocycles. The molecule has 0 aliphatic carbocycles. The van der Waals surface area contributed by atoms with Gasteiger partial charge in [-0.25, -0.2) is 0 Å². The SMILES string of the molecule is CCCCCC(C)(O)c1cccc2ccccc12. The van der Waals surface area contributed by atoms with Crippen LogP contribution in [0.3, 0.4) is 0 Å². The van der Waals surface area contributed by atoms with Crippen molar-refractivity contribution >= 4 is 10.8 Å². The van der Waals surface area contributed by atoms with E-state index in [9.17, 15) is 5.11 Å². The van der Waals surface area contributed by atoms with Gasteiger partial charge in [-0.3, -0.25) is 0 Å². The van der Waals surface area contributed by atoms with Gasteiger partial charge in [0.05, 0.1) is 5.60 Å². The Balaban J connectivity index is 2.34. The number of hydrogen-bond acceptors (Lipinski definition) is 1. The van der Waals surface area contributed by atoms with E-state index in [1.807, 2.05) is 31.2 Å². The van der Waals surface area contributed by atoms with Crippen LogP contribution in [0.5, 0.6) is 0 Å². The van der Waals surface area contributed by atoms with Crippen molar-refractivity contribution in [3.63, 3.8) is 0 Å². The molecule has 1 N–H and O–H groups in total. The van der Waals surface area contributed by atoms with E-state index in [0.29, 0.717) is 0 Å². The van der Waals surface area contributed by atoms with E-state index in [1.54, 1.807) is 0 Å². The summed E-state index contributed by atoms with van der Waals surface area (Å²) < 4.78 is 0. The van der Waals surface area contributed by atoms with Crippen LogP contribution in [-0.2, 0) is 5.60 Å². The number of hydrogen-bond donors (Lipinski definition) is 1. The first-order chi connectivity index (χ1) is 8.65. The molecular formula is C17H22O. The van der Waals surface area contributed by atoms with Crippen LogP contribution in [0.2, 0.25) is 0 Å². The molecule has 1 nitrogen and oxygen atoms in total. The first-order valence-corrected chi connectivity index (χ1v) is 6.86. The van der Waals surface area contributed by atoms with Gasteiger partial charge in [0.25, 0.3) is 0 Å². The Morgan fingerprint density at radius 2 is 1.72 bits per heavy atom. The lowest BCUT2D eigenvalue weighted by atomic mass is 9.87. The molecule has 2 aromatic rings. The molecule has 18 heavy (non-hydrogen) atoms. The third kappa shape index (κ3) is 2.73. The molecule has 1 atom stereocenters. The van der Waals surface area contributed by atoms with Crippen LogP contribution < -0.4 is 0 Å². The zero-order valence-electron chi connectivity index (χ0n) is 11.3. The summed E-state index contributed by atoms with van der Waals surface area (Å²) >= 11 is 0. The number of aliphatic hydroxyl groups is 1. The van der Waals surface area contributed by atoms with E-state index in [4.69, 9.17) is 0 Å². The van der Waals surface area contributed by atoms with Crippen LogP contribution in [0.15, 0.2) is 42.5 Å². The summed E-state index contributed by atoms with van der Waals surface area (Å²) in [4.78, 5) is 0. The van der Waals surface area contributed by atoms with Crippen molar-refractivity contribution in [1.82, 2.24) is 0 Å². The fourth-order valence-corrected chi connectivity index (χ4v) is 2.55. The van der Waals surface area contributed by atoms with Crippen molar-refractivity contribution in [3.8, 4) is 0 Å². The minimum Gasteiger partial charge on any atom is -0.385 e. The van der Waals surface area contributed by atoms with Gasteiger partial charge in [0.1, 0.15) is 0 Å². The van der Waals surface area contributed by atoms with Crippen molar-refractivity contribution in [2.24, 2.45) is 0 Å². The predicted octanol–water partition coefficient (Wildman–Crippen LogP) is 4.63. The summed E-state index contributed by atoms with van der Waals surface area (Å²) in [7, 11) is 0. The summed E-state index contributed by atoms with van der Waals surface area (Å²) in [5.41, 5.74) is 0.326. The second kappa shape index (κ2) is 5.53. The average Bonchev–Trinajstić information content (AvgIpc) is 2.38. The Kier molecular flexibility index (Phi) is 4.03. The normalized spacial score (nSPS) is 14.6. The quantitative estimate of drug-likeness (QED) is 0.758. The van der Waals surface area contributed by atoms with Gasteiger partial charge < -0.3 is 5.11 Å². The van der Waals surface area contributed by atoms with Gasteiger partial charge in [0.2, 0.25) is 0 Å². The molecule has 0 heterocycles. The van der Waals surface area contributed by atoms with E-state index < -0.39 is 5.60 Å². The highest BCUT2D eigenvalue weighted by atomic mass is 16.3. The predicted molar refractivity (Wildman–Crippen MR) is 77.7 cm³/mol. The molecule has 0 aliphatic heterocycles. The molecule has 96 valence electrons. The molecule has 2 rings (SSSR count). The van der Waals surface area contributed by atoms with E-state index in [1.165, 1.54) is 23.6 Å². The Morgan fingerprint density at radius 1 is 1.00 bits per heavy atom. The fourth-order valence-electron chi connectivity index (χ4n) is 2.55. The van der Waals surface area contributed by atoms with Crippen LogP contribution in [0.4, 0.5) is 0 Å². The third-order valence-corrected chi connectivity index (χ3v) is 3.64. The number of unbranched alkanes of at least 4 members (excludes halogenated alkanes) is 2. The van der Waals surface area contributed by atoms with E-state index in [0.717, 1.165) is 18.4 Å². The van der Waals surface area contributed by atoms with Gasteiger partial charge in [-0.05, 0) is 29.7 Å². The molecule has 1 heteroatoms. The van der Waals surface area contributed by atoms with E-state index in [-0.39, 0.29) is 0 Å². The van der Waals surface area contributed by atoms with Crippen LogP contribution in [-0.4, -0.2) is 5.11 Å². The maximum Gasteiger partial charge on any atom is 0.0874 e. The maximum absolute atomic E-state index is 10.7. The summed E-state index contributed by atoms with van der Waals surface area (Å²) in [6.07, 6.45) is 4.27. The molecule has 1 unspecified atom stereocenters. The van der Waals surface area contributed by atoms with Crippen LogP contribution in [0.25, 0.3) is 10.8 Å². The smallest absolute Gasteiger partial charge is 0.0874 e. The van der Waals surface area contributed by atoms with Gasteiger partial charge >= 0.3 is 0 Å². The number of rotatable bonds is 5. The highest BCUT2D eigenvalue weighted by molar-refractivity contribution is 5.86. The van der Waals surface area contributed by atoms with Crippen molar-refractivity contribution < 1.29 is 5.11 Å². The van der Waals surface area contributed by atoms with Crippen LogP contribution in [0, 0.1) is 0 Å². The summed E-state index contributed by atoms with van der Waals surface area (Å²) in [5, 5.41) is 13.1. The van der Waals surface area contributed by atoms with E-state index in [2.05, 4.69) is 25.1 Å². The Labute approximate surface area is 109 Å². The van der Waals surface area contributed by atoms with Gasteiger partial charge in [0.15, 0.2) is 0 Å². The molecule has 0 saturated carbocycles. The minimum atomic E-state index is -0.726. The Morgan fingerprint density at radius 3 is 2.50 bits per heavy atom. The lowest BCUT2D eigenvalue weighted by Gasteiger charge is -2.25. The molecule has 0 aliphatic rings. The first-order valence-electron chi connectivity index (χ1n) is 6.86. The number of fused-ring (bicyclic) bond motifs is 1. The van der Waals surface area contributed by atoms with Crippen molar-refractivity contribution in [1.29, 1.82) is 0 Å². The second-order valence-corrected chi connectivity index (χ2v) is 5.26. The van der Waals surface area contributed by atoms with E-state index >= 15 is 0 Å². The zero-order valence-corrected chi connectivity index (χ0v) is 11.3. The molecular weight excluding hydrogens is 220 g/mol. The minimum absolute atomic E-state index is 0.726. The Hall–Kier alpha value is -1.34. The van der Waals surface area contributed by atoms with Crippen molar-refractivity contribution in [2.75, 3.05) is 0 Å². The lowest BCUT2D eigenvalue weighted by Crippen LogP contribution is -2.21. The van der Waals surface area contributed by atoms with Crippen LogP contribution >= 0.6 is 0 Å². The van der Waals surface area contributed by atoms with Gasteiger partial charge in [-0.1, -0.05) is 68.7 Å². The molecule has 0 aromatic heterocycles. The summed E-state index contributed by atoms with van der Waals surface area (Å²) in [5.74, 6) is 0. The summed E-state index contributed by atoms with van der Waals surface area (Å²) in [6.45, 7) is 4.12. The third-order valence-electron chi connectivity index (χ3n) is 3.64. The lowest BCUT2D eigenvalue weighted by molar-refractivity contribution is 0.0465. The van der Waals surface area contributed by atoms with Gasteiger partial charge in [-0.2, -0.15) is 0 Å². The molecule has 0 bridgehead atoms. The average molecular weight is 242 g/mol. The largest absolute Gasteiger partial charge is 0.385 e. The maximum atomic E-state index is 10.7. The van der Waals surface area contributed by atoms with Crippen molar-refractivity contribution in [3.05, 3.63) is 48.0 Å². The highest BCUT2D eigenvalue weighted by Crippen LogP contribution is 2.32. The monoisotopic (exact) mass is 242 g/mol. The van der Waals surface area contributed by atoms with Crippen LogP contribution in [0.1, 0.15) is 45.1 Å². The number of benzene rings is 2. The molecule has 2 aromatic carbocycles. The van der Waals surface area contributed by atoms with Gasteiger partial charge in [-0.15, -0.1) is 0 Å². The zero-order chi connectivity index (χ0) is 13.0. The molecule has 0 fully saturated rings. The highest BCUT2D eigenvalue weighted by Gasteiger charge is 2.24. The molecule has 0 spiro atoms. The first kappa shape index (κ1) is 13.1. The Bertz CT molecular complexity index is 509. The summed E-state index contributed by atoms with van der Waals surface area (Å²) in [6, 6.07) is 14.5. The molecule has 0 amide bonds. The van der Waals surface area contributed by atoms with Gasteiger partial charge in [0, 0.05) is 0 Å². The second-order valence-electron chi connectivity index (χ2n) is 5.26. The van der Waals surface area contributed by atoms with Crippen molar-refractivity contribution in [2.45, 2.75) is 45.1 Å². The molecule has 0 radical (unpaired) electrons. The standard InChI is InChI=1S/C17H22O/c1-3-4-7-13-17(2,18)16-12-8-10-14-9-5-6-11-15(14)16/h5-6,8-12,18H,3-4,7,13H2,1-2H3.